The maximum atomic E-state index is 12.0. The molecule has 0 aromatic heterocycles. The molecule has 0 spiro atoms. The molecule has 9 heteroatoms. The fraction of sp³-hybridized carbons (Fsp3) is 0.118. The van der Waals surface area contributed by atoms with Crippen molar-refractivity contribution < 1.29 is 14.3 Å². The van der Waals surface area contributed by atoms with E-state index in [1.165, 1.54) is 24.4 Å². The van der Waals surface area contributed by atoms with E-state index in [0.717, 1.165) is 10.0 Å². The Balaban J connectivity index is 1.87. The van der Waals surface area contributed by atoms with Crippen LogP contribution in [0.15, 0.2) is 46.0 Å². The molecular formula is C17H14BrCl2N3O3. The number of hydrogen-bond acceptors (Lipinski definition) is 4. The van der Waals surface area contributed by atoms with Crippen molar-refractivity contribution in [3.63, 3.8) is 0 Å². The average molecular weight is 459 g/mol. The number of hydrogen-bond donors (Lipinski definition) is 2. The predicted molar refractivity (Wildman–Crippen MR) is 105 cm³/mol. The molecule has 0 unspecified atom stereocenters. The molecule has 0 atom stereocenters. The van der Waals surface area contributed by atoms with Crippen LogP contribution in [0, 0.1) is 0 Å². The molecule has 6 nitrogen and oxygen atoms in total. The van der Waals surface area contributed by atoms with Gasteiger partial charge in [-0.25, -0.2) is 5.43 Å². The summed E-state index contributed by atoms with van der Waals surface area (Å²) in [5, 5.41) is 6.93. The van der Waals surface area contributed by atoms with Gasteiger partial charge in [0.1, 0.15) is 5.75 Å². The minimum absolute atomic E-state index is 0.240. The highest BCUT2D eigenvalue weighted by molar-refractivity contribution is 9.10. The lowest BCUT2D eigenvalue weighted by atomic mass is 10.2. The maximum absolute atomic E-state index is 12.0. The molecule has 2 aromatic carbocycles. The average Bonchev–Trinajstić information content (AvgIpc) is 2.63. The quantitative estimate of drug-likeness (QED) is 0.512. The van der Waals surface area contributed by atoms with Gasteiger partial charge < -0.3 is 10.1 Å². The Morgan fingerprint density at radius 3 is 2.65 bits per heavy atom. The fourth-order valence-electron chi connectivity index (χ4n) is 1.86. The van der Waals surface area contributed by atoms with Gasteiger partial charge in [-0.15, -0.1) is 0 Å². The van der Waals surface area contributed by atoms with E-state index >= 15 is 0 Å². The van der Waals surface area contributed by atoms with Crippen LogP contribution >= 0.6 is 39.1 Å². The number of nitrogens with zero attached hydrogens (tertiary/aromatic N) is 1. The molecule has 0 bridgehead atoms. The number of methoxy groups -OCH3 is 1. The highest BCUT2D eigenvalue weighted by Crippen LogP contribution is 2.22. The van der Waals surface area contributed by atoms with Crippen LogP contribution in [0.1, 0.15) is 15.9 Å². The molecule has 136 valence electrons. The van der Waals surface area contributed by atoms with Crippen LogP contribution in [0.2, 0.25) is 10.0 Å². The van der Waals surface area contributed by atoms with Gasteiger partial charge in [-0.05, 0) is 36.4 Å². The molecule has 0 aliphatic rings. The van der Waals surface area contributed by atoms with Gasteiger partial charge in [-0.2, -0.15) is 5.10 Å². The number of carbonyl (C=O) groups excluding carboxylic acids is 2. The van der Waals surface area contributed by atoms with Crippen molar-refractivity contribution in [3.05, 3.63) is 62.0 Å². The van der Waals surface area contributed by atoms with Crippen molar-refractivity contribution in [1.82, 2.24) is 10.7 Å². The molecule has 0 heterocycles. The third-order valence-corrected chi connectivity index (χ3v) is 4.65. The highest BCUT2D eigenvalue weighted by atomic mass is 79.9. The van der Waals surface area contributed by atoms with Crippen molar-refractivity contribution in [2.75, 3.05) is 13.7 Å². The van der Waals surface area contributed by atoms with Gasteiger partial charge in [0, 0.05) is 15.6 Å². The first-order valence-corrected chi connectivity index (χ1v) is 8.84. The molecule has 0 aliphatic heterocycles. The monoisotopic (exact) mass is 457 g/mol. The van der Waals surface area contributed by atoms with Crippen LogP contribution < -0.4 is 15.5 Å². The molecule has 0 radical (unpaired) electrons. The third kappa shape index (κ3) is 5.72. The van der Waals surface area contributed by atoms with Crippen molar-refractivity contribution in [3.8, 4) is 5.75 Å². The minimum atomic E-state index is -0.478. The summed E-state index contributed by atoms with van der Waals surface area (Å²) >= 11 is 15.0. The zero-order valence-electron chi connectivity index (χ0n) is 13.6. The van der Waals surface area contributed by atoms with E-state index < -0.39 is 11.8 Å². The van der Waals surface area contributed by atoms with Crippen LogP contribution in [0.25, 0.3) is 0 Å². The fourth-order valence-corrected chi connectivity index (χ4v) is 2.51. The number of rotatable bonds is 6. The first-order valence-electron chi connectivity index (χ1n) is 7.29. The van der Waals surface area contributed by atoms with Crippen LogP contribution in [-0.2, 0) is 4.79 Å². The van der Waals surface area contributed by atoms with E-state index in [1.807, 2.05) is 0 Å². The molecule has 2 rings (SSSR count). The number of nitrogens with one attached hydrogen (secondary N) is 2. The van der Waals surface area contributed by atoms with Crippen molar-refractivity contribution >= 4 is 57.2 Å². The van der Waals surface area contributed by atoms with Crippen molar-refractivity contribution in [2.45, 2.75) is 0 Å². The zero-order valence-corrected chi connectivity index (χ0v) is 16.7. The molecule has 26 heavy (non-hydrogen) atoms. The number of carbonyl (C=O) groups is 2. The minimum Gasteiger partial charge on any atom is -0.497 e. The second kappa shape index (κ2) is 9.56. The number of amides is 2. The molecule has 2 N–H and O–H groups in total. The van der Waals surface area contributed by atoms with E-state index in [4.69, 9.17) is 27.9 Å². The summed E-state index contributed by atoms with van der Waals surface area (Å²) < 4.78 is 5.92. The Hall–Kier alpha value is -2.09. The van der Waals surface area contributed by atoms with Crippen molar-refractivity contribution in [1.29, 1.82) is 0 Å². The smallest absolute Gasteiger partial charge is 0.259 e. The number of halogens is 3. The Kier molecular flexibility index (Phi) is 7.44. The molecule has 0 aliphatic carbocycles. The van der Waals surface area contributed by atoms with E-state index in [9.17, 15) is 9.59 Å². The summed E-state index contributed by atoms with van der Waals surface area (Å²) in [4.78, 5) is 23.7. The summed E-state index contributed by atoms with van der Waals surface area (Å²) in [6.45, 7) is -0.240. The van der Waals surface area contributed by atoms with Gasteiger partial charge in [-0.1, -0.05) is 39.1 Å². The van der Waals surface area contributed by atoms with Gasteiger partial charge in [0.2, 0.25) is 0 Å². The molecule has 2 amide bonds. The Morgan fingerprint density at radius 1 is 1.19 bits per heavy atom. The van der Waals surface area contributed by atoms with Gasteiger partial charge in [0.25, 0.3) is 11.8 Å². The van der Waals surface area contributed by atoms with Gasteiger partial charge in [0.15, 0.2) is 0 Å². The topological polar surface area (TPSA) is 79.8 Å². The third-order valence-electron chi connectivity index (χ3n) is 3.19. The predicted octanol–water partition coefficient (Wildman–Crippen LogP) is 3.64. The Labute approximate surface area is 168 Å². The van der Waals surface area contributed by atoms with Crippen LogP contribution in [-0.4, -0.2) is 31.7 Å². The summed E-state index contributed by atoms with van der Waals surface area (Å²) in [5.41, 5.74) is 3.36. The SMILES string of the molecule is COc1ccc(Br)c(/C=N/NC(=O)CNC(=O)c2ccc(Cl)c(Cl)c2)c1. The van der Waals surface area contributed by atoms with Crippen LogP contribution in [0.5, 0.6) is 5.75 Å². The van der Waals surface area contributed by atoms with Gasteiger partial charge in [-0.3, -0.25) is 9.59 Å². The molecule has 2 aromatic rings. The first-order chi connectivity index (χ1) is 12.4. The van der Waals surface area contributed by atoms with E-state index in [1.54, 1.807) is 25.3 Å². The van der Waals surface area contributed by atoms with E-state index in [2.05, 4.69) is 31.8 Å². The van der Waals surface area contributed by atoms with Gasteiger partial charge >= 0.3 is 0 Å². The van der Waals surface area contributed by atoms with Crippen LogP contribution in [0.3, 0.4) is 0 Å². The lowest BCUT2D eigenvalue weighted by Crippen LogP contribution is -2.34. The summed E-state index contributed by atoms with van der Waals surface area (Å²) in [6, 6.07) is 9.80. The number of benzene rings is 2. The zero-order chi connectivity index (χ0) is 19.1. The molecule has 0 saturated carbocycles. The summed E-state index contributed by atoms with van der Waals surface area (Å²) in [5.74, 6) is -0.262. The molecular weight excluding hydrogens is 445 g/mol. The Morgan fingerprint density at radius 2 is 1.96 bits per heavy atom. The van der Waals surface area contributed by atoms with Crippen molar-refractivity contribution in [2.24, 2.45) is 5.10 Å². The Bertz CT molecular complexity index is 859. The second-order valence-electron chi connectivity index (χ2n) is 4.99. The number of ether oxygens (including phenoxy) is 1. The van der Waals surface area contributed by atoms with E-state index in [0.29, 0.717) is 16.3 Å². The highest BCUT2D eigenvalue weighted by Gasteiger charge is 2.09. The maximum Gasteiger partial charge on any atom is 0.259 e. The summed E-state index contributed by atoms with van der Waals surface area (Å²) in [7, 11) is 1.56. The summed E-state index contributed by atoms with van der Waals surface area (Å²) in [6.07, 6.45) is 1.46. The van der Waals surface area contributed by atoms with Crippen LogP contribution in [0.4, 0.5) is 0 Å². The molecule has 0 fully saturated rings. The van der Waals surface area contributed by atoms with E-state index in [-0.39, 0.29) is 11.6 Å². The largest absolute Gasteiger partial charge is 0.497 e. The standard InChI is InChI=1S/C17H14BrCl2N3O3/c1-26-12-3-4-13(18)11(6-12)8-22-23-16(24)9-21-17(25)10-2-5-14(19)15(20)7-10/h2-8H,9H2,1H3,(H,21,25)(H,23,24)/b22-8+. The number of hydrazone groups is 1. The second-order valence-corrected chi connectivity index (χ2v) is 6.66. The molecule has 0 saturated heterocycles. The normalized spacial score (nSPS) is 10.6. The first kappa shape index (κ1) is 20.2. The lowest BCUT2D eigenvalue weighted by molar-refractivity contribution is -0.120. The van der Waals surface area contributed by atoms with Gasteiger partial charge in [0.05, 0.1) is 29.9 Å². The lowest BCUT2D eigenvalue weighted by Gasteiger charge is -2.06.